The molecule has 2 aliphatic rings. The number of aliphatic hydroxyl groups is 1. The first-order chi connectivity index (χ1) is 11.0. The SMILES string of the molecule is COCC1CCC2(CC1)NC(=O)C(c1cc(C)ccc1C)=C2O. The van der Waals surface area contributed by atoms with Crippen LogP contribution < -0.4 is 5.32 Å². The molecule has 1 saturated carbocycles. The van der Waals surface area contributed by atoms with Crippen LogP contribution in [-0.2, 0) is 9.53 Å². The largest absolute Gasteiger partial charge is 0.509 e. The Morgan fingerprint density at radius 2 is 2.00 bits per heavy atom. The minimum atomic E-state index is -0.577. The van der Waals surface area contributed by atoms with Crippen LogP contribution in [0, 0.1) is 19.8 Å². The van der Waals surface area contributed by atoms with Gasteiger partial charge >= 0.3 is 0 Å². The van der Waals surface area contributed by atoms with E-state index in [0.717, 1.165) is 49.0 Å². The first kappa shape index (κ1) is 16.1. The Labute approximate surface area is 137 Å². The highest BCUT2D eigenvalue weighted by molar-refractivity contribution is 6.23. The zero-order chi connectivity index (χ0) is 16.6. The van der Waals surface area contributed by atoms with E-state index in [1.54, 1.807) is 7.11 Å². The summed E-state index contributed by atoms with van der Waals surface area (Å²) in [7, 11) is 1.72. The molecule has 1 aromatic rings. The quantitative estimate of drug-likeness (QED) is 0.900. The van der Waals surface area contributed by atoms with Gasteiger partial charge in [0, 0.05) is 13.7 Å². The minimum absolute atomic E-state index is 0.151. The predicted molar refractivity (Wildman–Crippen MR) is 90.2 cm³/mol. The van der Waals surface area contributed by atoms with E-state index in [1.807, 2.05) is 32.0 Å². The number of carbonyl (C=O) groups is 1. The molecule has 1 aliphatic carbocycles. The second kappa shape index (κ2) is 6.00. The van der Waals surface area contributed by atoms with Crippen LogP contribution in [0.4, 0.5) is 0 Å². The van der Waals surface area contributed by atoms with Gasteiger partial charge < -0.3 is 15.2 Å². The van der Waals surface area contributed by atoms with Gasteiger partial charge in [-0.3, -0.25) is 4.79 Å². The van der Waals surface area contributed by atoms with Gasteiger partial charge in [-0.2, -0.15) is 0 Å². The Kier molecular flexibility index (Phi) is 4.19. The number of hydrogen-bond donors (Lipinski definition) is 2. The third-order valence-electron chi connectivity index (χ3n) is 5.29. The molecular formula is C19H25NO3. The zero-order valence-electron chi connectivity index (χ0n) is 14.1. The number of benzene rings is 1. The number of aryl methyl sites for hydroxylation is 2. The average molecular weight is 315 g/mol. The molecule has 0 unspecified atom stereocenters. The van der Waals surface area contributed by atoms with Crippen molar-refractivity contribution in [3.8, 4) is 0 Å². The van der Waals surface area contributed by atoms with Crippen LogP contribution in [0.2, 0.25) is 0 Å². The van der Waals surface area contributed by atoms with Crippen LogP contribution in [0.5, 0.6) is 0 Å². The fraction of sp³-hybridized carbons (Fsp3) is 0.526. The molecule has 4 nitrogen and oxygen atoms in total. The van der Waals surface area contributed by atoms with Crippen LogP contribution in [-0.4, -0.2) is 30.3 Å². The summed E-state index contributed by atoms with van der Waals surface area (Å²) in [5.41, 5.74) is 2.82. The highest BCUT2D eigenvalue weighted by Gasteiger charge is 2.47. The average Bonchev–Trinajstić information content (AvgIpc) is 2.76. The third kappa shape index (κ3) is 2.76. The van der Waals surface area contributed by atoms with E-state index in [1.165, 1.54) is 0 Å². The Balaban J connectivity index is 1.94. The summed E-state index contributed by atoms with van der Waals surface area (Å²) >= 11 is 0. The molecule has 0 aromatic heterocycles. The molecule has 1 fully saturated rings. The van der Waals surface area contributed by atoms with Crippen molar-refractivity contribution >= 4 is 11.5 Å². The monoisotopic (exact) mass is 315 g/mol. The van der Waals surface area contributed by atoms with E-state index < -0.39 is 5.54 Å². The van der Waals surface area contributed by atoms with E-state index in [9.17, 15) is 9.90 Å². The summed E-state index contributed by atoms with van der Waals surface area (Å²) in [6.45, 7) is 4.72. The smallest absolute Gasteiger partial charge is 0.256 e. The maximum atomic E-state index is 12.6. The standard InChI is InChI=1S/C19H25NO3/c1-12-4-5-13(2)15(10-12)16-17(21)19(20-18(16)22)8-6-14(7-9-19)11-23-3/h4-5,10,14,21H,6-9,11H2,1-3H3,(H,20,22). The molecule has 0 bridgehead atoms. The molecule has 1 aromatic carbocycles. The predicted octanol–water partition coefficient (Wildman–Crippen LogP) is 3.28. The lowest BCUT2D eigenvalue weighted by atomic mass is 9.76. The van der Waals surface area contributed by atoms with Gasteiger partial charge in [0.2, 0.25) is 0 Å². The Morgan fingerprint density at radius 1 is 1.30 bits per heavy atom. The minimum Gasteiger partial charge on any atom is -0.509 e. The summed E-state index contributed by atoms with van der Waals surface area (Å²) in [6.07, 6.45) is 3.45. The molecule has 1 aliphatic heterocycles. The van der Waals surface area contributed by atoms with Crippen molar-refractivity contribution in [2.75, 3.05) is 13.7 Å². The maximum absolute atomic E-state index is 12.6. The lowest BCUT2D eigenvalue weighted by Crippen LogP contribution is -2.47. The van der Waals surface area contributed by atoms with Crippen molar-refractivity contribution in [3.05, 3.63) is 40.6 Å². The second-order valence-corrected chi connectivity index (χ2v) is 6.98. The lowest BCUT2D eigenvalue weighted by molar-refractivity contribution is -0.116. The Bertz CT molecular complexity index is 655. The lowest BCUT2D eigenvalue weighted by Gasteiger charge is -2.37. The van der Waals surface area contributed by atoms with Gasteiger partial charge in [0.05, 0.1) is 11.1 Å². The van der Waals surface area contributed by atoms with E-state index >= 15 is 0 Å². The summed E-state index contributed by atoms with van der Waals surface area (Å²) in [6, 6.07) is 6.00. The van der Waals surface area contributed by atoms with Crippen molar-refractivity contribution < 1.29 is 14.6 Å². The Morgan fingerprint density at radius 3 is 2.65 bits per heavy atom. The molecule has 0 atom stereocenters. The van der Waals surface area contributed by atoms with E-state index in [2.05, 4.69) is 5.32 Å². The van der Waals surface area contributed by atoms with E-state index in [4.69, 9.17) is 4.74 Å². The maximum Gasteiger partial charge on any atom is 0.256 e. The van der Waals surface area contributed by atoms with Crippen LogP contribution >= 0.6 is 0 Å². The van der Waals surface area contributed by atoms with Gasteiger partial charge in [-0.25, -0.2) is 0 Å². The van der Waals surface area contributed by atoms with Crippen LogP contribution in [0.1, 0.15) is 42.4 Å². The van der Waals surface area contributed by atoms with Crippen LogP contribution in [0.3, 0.4) is 0 Å². The van der Waals surface area contributed by atoms with Crippen molar-refractivity contribution in [2.24, 2.45) is 5.92 Å². The van der Waals surface area contributed by atoms with Gasteiger partial charge in [-0.05, 0) is 56.6 Å². The fourth-order valence-electron chi connectivity index (χ4n) is 3.88. The normalized spacial score (nSPS) is 27.6. The Hall–Kier alpha value is -1.81. The first-order valence-electron chi connectivity index (χ1n) is 8.29. The summed E-state index contributed by atoms with van der Waals surface area (Å²) in [4.78, 5) is 12.6. The second-order valence-electron chi connectivity index (χ2n) is 6.98. The molecule has 1 spiro atoms. The molecule has 4 heteroatoms. The van der Waals surface area contributed by atoms with Gasteiger partial charge in [0.1, 0.15) is 5.76 Å². The fourth-order valence-corrected chi connectivity index (χ4v) is 3.88. The molecule has 0 radical (unpaired) electrons. The first-order valence-corrected chi connectivity index (χ1v) is 8.29. The van der Waals surface area contributed by atoms with Gasteiger partial charge in [0.25, 0.3) is 5.91 Å². The zero-order valence-corrected chi connectivity index (χ0v) is 14.1. The van der Waals surface area contributed by atoms with E-state index in [0.29, 0.717) is 11.5 Å². The van der Waals surface area contributed by atoms with Crippen molar-refractivity contribution in [2.45, 2.75) is 45.1 Å². The molecule has 1 heterocycles. The summed E-state index contributed by atoms with van der Waals surface area (Å²) < 4.78 is 5.24. The van der Waals surface area contributed by atoms with Crippen molar-refractivity contribution in [1.29, 1.82) is 0 Å². The van der Waals surface area contributed by atoms with Crippen LogP contribution in [0.25, 0.3) is 5.57 Å². The molecule has 23 heavy (non-hydrogen) atoms. The number of aliphatic hydroxyl groups excluding tert-OH is 1. The number of ether oxygens (including phenoxy) is 1. The third-order valence-corrected chi connectivity index (χ3v) is 5.29. The van der Waals surface area contributed by atoms with Crippen LogP contribution in [0.15, 0.2) is 24.0 Å². The van der Waals surface area contributed by atoms with Crippen molar-refractivity contribution in [1.82, 2.24) is 5.32 Å². The van der Waals surface area contributed by atoms with E-state index in [-0.39, 0.29) is 11.7 Å². The number of methoxy groups -OCH3 is 1. The van der Waals surface area contributed by atoms with Gasteiger partial charge in [-0.1, -0.05) is 23.8 Å². The summed E-state index contributed by atoms with van der Waals surface area (Å²) in [5, 5.41) is 14.0. The molecule has 3 rings (SSSR count). The van der Waals surface area contributed by atoms with Gasteiger partial charge in [0.15, 0.2) is 0 Å². The number of rotatable bonds is 3. The number of amides is 1. The number of nitrogens with one attached hydrogen (secondary N) is 1. The molecule has 1 amide bonds. The molecule has 2 N–H and O–H groups in total. The highest BCUT2D eigenvalue weighted by atomic mass is 16.5. The number of hydrogen-bond acceptors (Lipinski definition) is 3. The highest BCUT2D eigenvalue weighted by Crippen LogP contribution is 2.43. The molecule has 124 valence electrons. The molecule has 0 saturated heterocycles. The summed E-state index contributed by atoms with van der Waals surface area (Å²) in [5.74, 6) is 0.591. The van der Waals surface area contributed by atoms with Gasteiger partial charge in [-0.15, -0.1) is 0 Å². The molecular weight excluding hydrogens is 290 g/mol. The number of carbonyl (C=O) groups excluding carboxylic acids is 1. The van der Waals surface area contributed by atoms with Crippen molar-refractivity contribution in [3.63, 3.8) is 0 Å². The topological polar surface area (TPSA) is 58.6 Å².